The molecule has 222 valence electrons. The number of ether oxygens (including phenoxy) is 1. The third kappa shape index (κ3) is 6.16. The lowest BCUT2D eigenvalue weighted by molar-refractivity contribution is -0.119. The topological polar surface area (TPSA) is 141 Å². The van der Waals surface area contributed by atoms with E-state index in [-0.39, 0.29) is 18.5 Å². The smallest absolute Gasteiger partial charge is 0.219 e. The summed E-state index contributed by atoms with van der Waals surface area (Å²) in [7, 11) is 1.97. The van der Waals surface area contributed by atoms with Crippen molar-refractivity contribution in [2.24, 2.45) is 4.99 Å². The molecule has 0 saturated heterocycles. The zero-order valence-corrected chi connectivity index (χ0v) is 24.7. The van der Waals surface area contributed by atoms with Gasteiger partial charge in [0.2, 0.25) is 5.91 Å². The van der Waals surface area contributed by atoms with E-state index in [1.807, 2.05) is 74.6 Å². The highest BCUT2D eigenvalue weighted by Gasteiger charge is 2.20. The number of carbonyl (C=O) groups is 2. The summed E-state index contributed by atoms with van der Waals surface area (Å²) >= 11 is 0. The molecule has 0 atom stereocenters. The van der Waals surface area contributed by atoms with E-state index in [0.717, 1.165) is 28.8 Å². The number of aliphatic imine (C=N–C) groups is 1. The highest BCUT2D eigenvalue weighted by Crippen LogP contribution is 2.36. The fourth-order valence-corrected chi connectivity index (χ4v) is 4.86. The third-order valence-electron chi connectivity index (χ3n) is 7.19. The monoisotopic (exact) mass is 588 g/mol. The maximum Gasteiger partial charge on any atom is 0.219 e. The zero-order valence-electron chi connectivity index (χ0n) is 24.7. The predicted octanol–water partition coefficient (Wildman–Crippen LogP) is 5.18. The number of nitrogens with zero attached hydrogens (tertiary/aromatic N) is 6. The van der Waals surface area contributed by atoms with Gasteiger partial charge >= 0.3 is 0 Å². The largest absolute Gasteiger partial charge is 0.471 e. The summed E-state index contributed by atoms with van der Waals surface area (Å²) in [4.78, 5) is 38.2. The van der Waals surface area contributed by atoms with Crippen LogP contribution in [0.25, 0.3) is 28.4 Å². The second-order valence-corrected chi connectivity index (χ2v) is 10.1. The minimum absolute atomic E-state index is 0.00759. The number of aryl methyl sites for hydroxylation is 1. The highest BCUT2D eigenvalue weighted by atomic mass is 16.5. The first-order chi connectivity index (χ1) is 21.3. The molecule has 0 unspecified atom stereocenters. The van der Waals surface area contributed by atoms with Crippen molar-refractivity contribution in [3.05, 3.63) is 95.4 Å². The van der Waals surface area contributed by atoms with E-state index in [9.17, 15) is 9.59 Å². The maximum atomic E-state index is 12.0. The van der Waals surface area contributed by atoms with E-state index >= 15 is 0 Å². The van der Waals surface area contributed by atoms with Crippen molar-refractivity contribution in [1.82, 2.24) is 25.1 Å². The molecule has 5 aromatic rings. The van der Waals surface area contributed by atoms with Gasteiger partial charge in [0, 0.05) is 36.5 Å². The molecule has 0 fully saturated rings. The Hall–Kier alpha value is -5.84. The quantitative estimate of drug-likeness (QED) is 0.122. The molecule has 2 aromatic heterocycles. The number of para-hydroxylation sites is 1. The number of benzene rings is 3. The standard InChI is InChI=1S/C33H32N8O3/c1-21-9-8-10-23(27(21)18-42)15-26(40(4)25-11-6-5-7-12-25)17-41-33-30(32(34)36-19-37-33)31(39-41)24-13-14-29(28(16-24)35-3)44-20-38-22(2)43/h5-16,18-19H,3,17,20H2,1-2,4H3,(H,38,43)(H2,34,36,37)/b26-15-. The molecule has 44 heavy (non-hydrogen) atoms. The average molecular weight is 589 g/mol. The molecule has 11 heteroatoms. The number of nitrogens with two attached hydrogens (primary N) is 1. The van der Waals surface area contributed by atoms with Crippen LogP contribution in [-0.4, -0.2) is 52.4 Å². The maximum absolute atomic E-state index is 12.0. The minimum atomic E-state index is -0.210. The Labute approximate surface area is 254 Å². The van der Waals surface area contributed by atoms with Crippen LogP contribution >= 0.6 is 0 Å². The number of amides is 1. The number of hydrogen-bond donors (Lipinski definition) is 2. The Balaban J connectivity index is 1.62. The Bertz CT molecular complexity index is 1880. The normalized spacial score (nSPS) is 11.3. The molecule has 0 aliphatic carbocycles. The van der Waals surface area contributed by atoms with Gasteiger partial charge in [0.15, 0.2) is 18.7 Å². The number of hydrogen-bond acceptors (Lipinski definition) is 9. The van der Waals surface area contributed by atoms with E-state index in [0.29, 0.717) is 45.8 Å². The molecule has 0 bridgehead atoms. The number of nitrogens with one attached hydrogen (secondary N) is 1. The fraction of sp³-hybridized carbons (Fsp3) is 0.152. The molecule has 0 aliphatic heterocycles. The van der Waals surface area contributed by atoms with Gasteiger partial charge in [0.05, 0.1) is 11.9 Å². The van der Waals surface area contributed by atoms with Gasteiger partial charge < -0.3 is 20.7 Å². The molecule has 2 heterocycles. The van der Waals surface area contributed by atoms with Crippen LogP contribution in [0.3, 0.4) is 0 Å². The number of allylic oxidation sites excluding steroid dienone is 1. The van der Waals surface area contributed by atoms with Crippen molar-refractivity contribution < 1.29 is 14.3 Å². The van der Waals surface area contributed by atoms with Crippen molar-refractivity contribution >= 4 is 53.2 Å². The van der Waals surface area contributed by atoms with Gasteiger partial charge in [-0.2, -0.15) is 5.10 Å². The van der Waals surface area contributed by atoms with E-state index in [1.165, 1.54) is 13.3 Å². The lowest BCUT2D eigenvalue weighted by Crippen LogP contribution is -2.24. The second-order valence-electron chi connectivity index (χ2n) is 10.1. The van der Waals surface area contributed by atoms with Crippen molar-refractivity contribution in [3.8, 4) is 17.0 Å². The first-order valence-corrected chi connectivity index (χ1v) is 13.8. The Morgan fingerprint density at radius 3 is 2.66 bits per heavy atom. The molecule has 3 aromatic carbocycles. The van der Waals surface area contributed by atoms with Crippen molar-refractivity contribution in [2.75, 3.05) is 24.4 Å². The van der Waals surface area contributed by atoms with Gasteiger partial charge in [0.1, 0.15) is 29.3 Å². The minimum Gasteiger partial charge on any atom is -0.471 e. The second kappa shape index (κ2) is 13.0. The summed E-state index contributed by atoms with van der Waals surface area (Å²) in [6, 6.07) is 21.0. The molecule has 11 nitrogen and oxygen atoms in total. The van der Waals surface area contributed by atoms with Crippen LogP contribution in [0, 0.1) is 6.92 Å². The van der Waals surface area contributed by atoms with Gasteiger partial charge in [-0.05, 0) is 61.2 Å². The van der Waals surface area contributed by atoms with Crippen molar-refractivity contribution in [2.45, 2.75) is 20.4 Å². The summed E-state index contributed by atoms with van der Waals surface area (Å²) in [6.07, 6.45) is 4.28. The number of carbonyl (C=O) groups excluding carboxylic acids is 2. The summed E-state index contributed by atoms with van der Waals surface area (Å²) in [5.74, 6) is 0.516. The van der Waals surface area contributed by atoms with Crippen molar-refractivity contribution in [1.29, 1.82) is 0 Å². The number of rotatable bonds is 11. The van der Waals surface area contributed by atoms with Crippen LogP contribution in [0.15, 0.2) is 83.7 Å². The lowest BCUT2D eigenvalue weighted by atomic mass is 10.0. The molecule has 0 radical (unpaired) electrons. The molecule has 0 spiro atoms. The van der Waals surface area contributed by atoms with E-state index in [4.69, 9.17) is 15.6 Å². The average Bonchev–Trinajstić information content (AvgIpc) is 3.40. The van der Waals surface area contributed by atoms with Crippen molar-refractivity contribution in [3.63, 3.8) is 0 Å². The van der Waals surface area contributed by atoms with E-state index in [1.54, 1.807) is 16.8 Å². The van der Waals surface area contributed by atoms with Crippen LogP contribution in [0.2, 0.25) is 0 Å². The van der Waals surface area contributed by atoms with Crippen LogP contribution in [0.4, 0.5) is 17.2 Å². The number of likely N-dealkylation sites (N-methyl/N-ethyl adjacent to an activating group) is 1. The molecular formula is C33H32N8O3. The first kappa shape index (κ1) is 29.6. The fourth-order valence-electron chi connectivity index (χ4n) is 4.86. The van der Waals surface area contributed by atoms with E-state index < -0.39 is 0 Å². The molecule has 5 rings (SSSR count). The number of fused-ring (bicyclic) bond motifs is 1. The van der Waals surface area contributed by atoms with Crippen LogP contribution in [-0.2, 0) is 11.3 Å². The summed E-state index contributed by atoms with van der Waals surface area (Å²) in [5.41, 5.74) is 12.8. The van der Waals surface area contributed by atoms with Gasteiger partial charge in [-0.1, -0.05) is 36.4 Å². The van der Waals surface area contributed by atoms with Gasteiger partial charge in [0.25, 0.3) is 0 Å². The predicted molar refractivity (Wildman–Crippen MR) is 173 cm³/mol. The third-order valence-corrected chi connectivity index (χ3v) is 7.19. The zero-order chi connectivity index (χ0) is 31.2. The first-order valence-electron chi connectivity index (χ1n) is 13.8. The van der Waals surface area contributed by atoms with Crippen LogP contribution in [0.1, 0.15) is 28.4 Å². The van der Waals surface area contributed by atoms with Crippen LogP contribution in [0.5, 0.6) is 5.75 Å². The summed E-state index contributed by atoms with van der Waals surface area (Å²) < 4.78 is 7.44. The Morgan fingerprint density at radius 2 is 1.93 bits per heavy atom. The van der Waals surface area contributed by atoms with Gasteiger partial charge in [-0.25, -0.2) is 14.6 Å². The number of anilines is 2. The molecular weight excluding hydrogens is 556 g/mol. The molecule has 3 N–H and O–H groups in total. The van der Waals surface area contributed by atoms with Gasteiger partial charge in [-0.3, -0.25) is 14.6 Å². The number of aromatic nitrogens is 4. The Kier molecular flexibility index (Phi) is 8.75. The SMILES string of the molecule is C=Nc1cc(-c2nn(C/C(=C/c3cccc(C)c3C=O)N(C)c3ccccc3)c3ncnc(N)c23)ccc1OCNC(C)=O. The number of aldehydes is 1. The van der Waals surface area contributed by atoms with Crippen LogP contribution < -0.4 is 20.7 Å². The molecule has 1 amide bonds. The summed E-state index contributed by atoms with van der Waals surface area (Å²) in [5, 5.41) is 8.14. The molecule has 0 aliphatic rings. The van der Waals surface area contributed by atoms with Gasteiger partial charge in [-0.15, -0.1) is 0 Å². The summed E-state index contributed by atoms with van der Waals surface area (Å²) in [6.45, 7) is 7.29. The van der Waals surface area contributed by atoms with E-state index in [2.05, 4.69) is 31.9 Å². The number of nitrogen functional groups attached to an aromatic ring is 1. The Morgan fingerprint density at radius 1 is 1.14 bits per heavy atom. The molecule has 0 saturated carbocycles. The lowest BCUT2D eigenvalue weighted by Gasteiger charge is -2.24. The highest BCUT2D eigenvalue weighted by molar-refractivity contribution is 5.99.